The van der Waals surface area contributed by atoms with Crippen molar-refractivity contribution < 1.29 is 42.1 Å². The number of ether oxygens (including phenoxy) is 2. The van der Waals surface area contributed by atoms with Crippen LogP contribution in [0.25, 0.3) is 0 Å². The lowest BCUT2D eigenvalue weighted by atomic mass is 10.0. The minimum Gasteiger partial charge on any atom is -0.756 e. The van der Waals surface area contributed by atoms with E-state index in [1.54, 1.807) is 0 Å². The van der Waals surface area contributed by atoms with E-state index < -0.39 is 32.5 Å². The Balaban J connectivity index is 4.02. The standard InChI is InChI=1S/C53H92NO8P/c1-6-8-10-12-14-15-16-17-18-19-20-21-22-23-24-25-26-27-28-29-30-31-32-33-34-35-36-37-38-39-40-42-44-46-53(56)62-51(49-59-52(55)45-43-41-13-11-9-7-2)50-61-63(57,58)60-48-47-54(3,4)5/h8,10,14-15,17-18,20-21,23-24,26-27,29-30,51H,6-7,9,11-13,16,19,22,25,28,31-50H2,1-5H3/b10-8-,15-14-,18-17-,21-20-,24-23-,27-26-,30-29-. The average Bonchev–Trinajstić information content (AvgIpc) is 3.24. The minimum atomic E-state index is -4.62. The summed E-state index contributed by atoms with van der Waals surface area (Å²) in [4.78, 5) is 37.3. The van der Waals surface area contributed by atoms with Crippen LogP contribution in [0.2, 0.25) is 0 Å². The Morgan fingerprint density at radius 3 is 1.35 bits per heavy atom. The molecular formula is C53H92NO8P. The van der Waals surface area contributed by atoms with Crippen molar-refractivity contribution in [1.82, 2.24) is 0 Å². The fraction of sp³-hybridized carbons (Fsp3) is 0.698. The second-order valence-corrected chi connectivity index (χ2v) is 18.9. The molecule has 0 aliphatic carbocycles. The molecule has 0 spiro atoms. The van der Waals surface area contributed by atoms with Gasteiger partial charge in [0.15, 0.2) is 6.10 Å². The molecule has 0 aromatic rings. The largest absolute Gasteiger partial charge is 0.756 e. The van der Waals surface area contributed by atoms with Gasteiger partial charge in [0, 0.05) is 12.8 Å². The van der Waals surface area contributed by atoms with E-state index in [-0.39, 0.29) is 26.1 Å². The first-order valence-corrected chi connectivity index (χ1v) is 26.3. The minimum absolute atomic E-state index is 0.0340. The molecule has 0 radical (unpaired) electrons. The van der Waals surface area contributed by atoms with Crippen LogP contribution in [0.15, 0.2) is 85.1 Å². The molecule has 0 aliphatic heterocycles. The van der Waals surface area contributed by atoms with Crippen LogP contribution in [-0.2, 0) is 32.7 Å². The molecule has 0 saturated carbocycles. The fourth-order valence-electron chi connectivity index (χ4n) is 6.34. The van der Waals surface area contributed by atoms with E-state index in [2.05, 4.69) is 98.9 Å². The van der Waals surface area contributed by atoms with E-state index in [1.165, 1.54) is 51.4 Å². The zero-order chi connectivity index (χ0) is 46.4. The SMILES string of the molecule is CC/C=C\C/C=C\C/C=C\C/C=C\C/C=C\C/C=C\C/C=C\CCCCCCCCCCCCCC(=O)OC(COC(=O)CCCCCCCC)COP(=O)([O-])OCC[N+](C)(C)C. The highest BCUT2D eigenvalue weighted by molar-refractivity contribution is 7.45. The molecule has 0 heterocycles. The van der Waals surface area contributed by atoms with Crippen molar-refractivity contribution in [2.24, 2.45) is 0 Å². The highest BCUT2D eigenvalue weighted by Crippen LogP contribution is 2.38. The van der Waals surface area contributed by atoms with Gasteiger partial charge in [0.25, 0.3) is 7.82 Å². The Bertz CT molecular complexity index is 1340. The molecule has 2 atom stereocenters. The van der Waals surface area contributed by atoms with Crippen LogP contribution in [0.3, 0.4) is 0 Å². The Morgan fingerprint density at radius 2 is 0.905 bits per heavy atom. The first kappa shape index (κ1) is 60.2. The van der Waals surface area contributed by atoms with Crippen molar-refractivity contribution in [3.63, 3.8) is 0 Å². The number of rotatable bonds is 44. The van der Waals surface area contributed by atoms with Gasteiger partial charge in [0.1, 0.15) is 19.8 Å². The first-order chi connectivity index (χ1) is 30.5. The first-order valence-electron chi connectivity index (χ1n) is 24.8. The van der Waals surface area contributed by atoms with Crippen LogP contribution in [0, 0.1) is 0 Å². The van der Waals surface area contributed by atoms with Crippen LogP contribution in [0.4, 0.5) is 0 Å². The number of likely N-dealkylation sites (N-methyl/N-ethyl adjacent to an activating group) is 1. The summed E-state index contributed by atoms with van der Waals surface area (Å²) in [6.45, 7) is 4.03. The molecule has 0 saturated heterocycles. The highest BCUT2D eigenvalue weighted by Gasteiger charge is 2.21. The maximum Gasteiger partial charge on any atom is 0.306 e. The number of hydrogen-bond donors (Lipinski definition) is 0. The Hall–Kier alpha value is -2.81. The van der Waals surface area contributed by atoms with Crippen molar-refractivity contribution in [1.29, 1.82) is 0 Å². The lowest BCUT2D eigenvalue weighted by Gasteiger charge is -2.28. The maximum atomic E-state index is 12.7. The van der Waals surface area contributed by atoms with E-state index in [0.29, 0.717) is 17.4 Å². The molecule has 0 rings (SSSR count). The van der Waals surface area contributed by atoms with Crippen LogP contribution in [0.1, 0.15) is 187 Å². The molecule has 0 fully saturated rings. The van der Waals surface area contributed by atoms with Gasteiger partial charge in [-0.2, -0.15) is 0 Å². The van der Waals surface area contributed by atoms with E-state index in [0.717, 1.165) is 103 Å². The molecule has 0 amide bonds. The van der Waals surface area contributed by atoms with Crippen LogP contribution >= 0.6 is 7.82 Å². The van der Waals surface area contributed by atoms with Crippen molar-refractivity contribution in [2.45, 2.75) is 193 Å². The molecule has 2 unspecified atom stereocenters. The van der Waals surface area contributed by atoms with E-state index in [9.17, 15) is 19.0 Å². The fourth-order valence-corrected chi connectivity index (χ4v) is 7.07. The second-order valence-electron chi connectivity index (χ2n) is 17.5. The molecule has 63 heavy (non-hydrogen) atoms. The monoisotopic (exact) mass is 902 g/mol. The highest BCUT2D eigenvalue weighted by atomic mass is 31.2. The summed E-state index contributed by atoms with van der Waals surface area (Å²) in [5, 5.41) is 0. The molecule has 10 heteroatoms. The number of allylic oxidation sites excluding steroid dienone is 14. The Morgan fingerprint density at radius 1 is 0.508 bits per heavy atom. The summed E-state index contributed by atoms with van der Waals surface area (Å²) in [5.74, 6) is -0.852. The van der Waals surface area contributed by atoms with Gasteiger partial charge in [-0.3, -0.25) is 14.2 Å². The number of phosphoric ester groups is 1. The number of carbonyl (C=O) groups excluding carboxylic acids is 2. The van der Waals surface area contributed by atoms with Gasteiger partial charge in [-0.1, -0.05) is 189 Å². The number of quaternary nitrogens is 1. The molecule has 362 valence electrons. The third-order valence-electron chi connectivity index (χ3n) is 10.2. The molecule has 9 nitrogen and oxygen atoms in total. The number of nitrogens with zero attached hydrogens (tertiary/aromatic N) is 1. The molecular weight excluding hydrogens is 810 g/mol. The van der Waals surface area contributed by atoms with Crippen molar-refractivity contribution in [2.75, 3.05) is 47.5 Å². The summed E-state index contributed by atoms with van der Waals surface area (Å²) in [7, 11) is 1.15. The molecule has 0 aromatic carbocycles. The zero-order valence-corrected chi connectivity index (χ0v) is 41.6. The second kappa shape index (κ2) is 44.4. The van der Waals surface area contributed by atoms with Crippen molar-refractivity contribution in [3.8, 4) is 0 Å². The molecule has 0 bridgehead atoms. The predicted molar refractivity (Wildman–Crippen MR) is 263 cm³/mol. The maximum absolute atomic E-state index is 12.7. The smallest absolute Gasteiger partial charge is 0.306 e. The van der Waals surface area contributed by atoms with Crippen LogP contribution in [-0.4, -0.2) is 70.0 Å². The van der Waals surface area contributed by atoms with E-state index in [1.807, 2.05) is 21.1 Å². The quantitative estimate of drug-likeness (QED) is 0.0195. The normalized spacial score (nSPS) is 14.2. The van der Waals surface area contributed by atoms with Gasteiger partial charge in [0.2, 0.25) is 0 Å². The summed E-state index contributed by atoms with van der Waals surface area (Å²) in [6.07, 6.45) is 58.1. The number of hydrogen-bond acceptors (Lipinski definition) is 8. The van der Waals surface area contributed by atoms with Gasteiger partial charge >= 0.3 is 11.9 Å². The number of esters is 2. The third-order valence-corrected chi connectivity index (χ3v) is 11.1. The van der Waals surface area contributed by atoms with E-state index >= 15 is 0 Å². The van der Waals surface area contributed by atoms with Gasteiger partial charge < -0.3 is 27.9 Å². The summed E-state index contributed by atoms with van der Waals surface area (Å²) < 4.78 is 33.8. The van der Waals surface area contributed by atoms with Gasteiger partial charge in [-0.05, 0) is 70.6 Å². The summed E-state index contributed by atoms with van der Waals surface area (Å²) >= 11 is 0. The molecule has 0 aliphatic rings. The van der Waals surface area contributed by atoms with E-state index in [4.69, 9.17) is 18.5 Å². The topological polar surface area (TPSA) is 111 Å². The molecule has 0 aromatic heterocycles. The molecule has 0 N–H and O–H groups in total. The van der Waals surface area contributed by atoms with Crippen LogP contribution in [0.5, 0.6) is 0 Å². The average molecular weight is 902 g/mol. The summed E-state index contributed by atoms with van der Waals surface area (Å²) in [6, 6.07) is 0. The Labute approximate surface area is 386 Å². The van der Waals surface area contributed by atoms with Crippen molar-refractivity contribution >= 4 is 19.8 Å². The lowest BCUT2D eigenvalue weighted by Crippen LogP contribution is -2.37. The number of carbonyl (C=O) groups is 2. The zero-order valence-electron chi connectivity index (χ0n) is 40.7. The Kier molecular flexibility index (Phi) is 42.4. The lowest BCUT2D eigenvalue weighted by molar-refractivity contribution is -0.870. The van der Waals surface area contributed by atoms with Gasteiger partial charge in [-0.25, -0.2) is 0 Å². The van der Waals surface area contributed by atoms with Gasteiger partial charge in [0.05, 0.1) is 27.7 Å². The number of unbranched alkanes of at least 4 members (excludes halogenated alkanes) is 16. The van der Waals surface area contributed by atoms with Gasteiger partial charge in [-0.15, -0.1) is 0 Å². The predicted octanol–water partition coefficient (Wildman–Crippen LogP) is 14.1. The summed E-state index contributed by atoms with van der Waals surface area (Å²) in [5.41, 5.74) is 0. The van der Waals surface area contributed by atoms with Crippen molar-refractivity contribution in [3.05, 3.63) is 85.1 Å². The van der Waals surface area contributed by atoms with Crippen LogP contribution < -0.4 is 4.89 Å². The number of phosphoric acid groups is 1. The third kappa shape index (κ3) is 48.5.